The Balaban J connectivity index is 2.07. The van der Waals surface area contributed by atoms with Gasteiger partial charge in [-0.3, -0.25) is 0 Å². The number of nitrogen functional groups attached to an aromatic ring is 1. The predicted octanol–water partition coefficient (Wildman–Crippen LogP) is 3.61. The summed E-state index contributed by atoms with van der Waals surface area (Å²) in [7, 11) is 0. The fourth-order valence-corrected chi connectivity index (χ4v) is 3.55. The zero-order valence-corrected chi connectivity index (χ0v) is 13.9. The van der Waals surface area contributed by atoms with Crippen molar-refractivity contribution in [1.29, 1.82) is 0 Å². The summed E-state index contributed by atoms with van der Waals surface area (Å²) in [6.45, 7) is 3.35. The average Bonchev–Trinajstić information content (AvgIpc) is 2.57. The standard InChI is InChI=1S/C16H17F3N4S/c1-10-21-14(11-3-2-4-12(9-11)16(17,18)19)13(20)15(22-10)23-5-7-24-8-6-23/h2-4,9H,5-8,20H2,1H3. The van der Waals surface area contributed by atoms with Crippen molar-refractivity contribution in [2.45, 2.75) is 13.1 Å². The molecule has 0 atom stereocenters. The van der Waals surface area contributed by atoms with Gasteiger partial charge in [0.2, 0.25) is 0 Å². The smallest absolute Gasteiger partial charge is 0.394 e. The molecule has 1 aromatic carbocycles. The van der Waals surface area contributed by atoms with E-state index in [1.165, 1.54) is 6.07 Å². The van der Waals surface area contributed by atoms with Gasteiger partial charge in [0.25, 0.3) is 0 Å². The van der Waals surface area contributed by atoms with Crippen LogP contribution < -0.4 is 10.6 Å². The van der Waals surface area contributed by atoms with E-state index < -0.39 is 11.7 Å². The van der Waals surface area contributed by atoms with Gasteiger partial charge < -0.3 is 10.6 Å². The van der Waals surface area contributed by atoms with Crippen molar-refractivity contribution in [1.82, 2.24) is 9.97 Å². The number of anilines is 2. The number of benzene rings is 1. The molecule has 1 saturated heterocycles. The minimum Gasteiger partial charge on any atom is -0.394 e. The summed E-state index contributed by atoms with van der Waals surface area (Å²) in [5, 5.41) is 0. The quantitative estimate of drug-likeness (QED) is 0.893. The molecule has 0 unspecified atom stereocenters. The number of nitrogens with zero attached hydrogens (tertiary/aromatic N) is 3. The molecule has 0 aliphatic carbocycles. The number of alkyl halides is 3. The lowest BCUT2D eigenvalue weighted by Crippen LogP contribution is -2.34. The molecule has 128 valence electrons. The van der Waals surface area contributed by atoms with Gasteiger partial charge in [0.15, 0.2) is 5.82 Å². The van der Waals surface area contributed by atoms with E-state index in [-0.39, 0.29) is 0 Å². The third-order valence-corrected chi connectivity index (χ3v) is 4.75. The first-order valence-electron chi connectivity index (χ1n) is 7.50. The molecule has 2 heterocycles. The van der Waals surface area contributed by atoms with Gasteiger partial charge in [-0.2, -0.15) is 24.9 Å². The SMILES string of the molecule is Cc1nc(-c2cccc(C(F)(F)F)c2)c(N)c(N2CCSCC2)n1. The molecule has 24 heavy (non-hydrogen) atoms. The number of aromatic nitrogens is 2. The topological polar surface area (TPSA) is 55.0 Å². The predicted molar refractivity (Wildman–Crippen MR) is 91.2 cm³/mol. The van der Waals surface area contributed by atoms with E-state index in [9.17, 15) is 13.2 Å². The Morgan fingerprint density at radius 2 is 1.88 bits per heavy atom. The maximum Gasteiger partial charge on any atom is 0.416 e. The van der Waals surface area contributed by atoms with Crippen LogP contribution in [0.3, 0.4) is 0 Å². The first kappa shape index (κ1) is 16.9. The monoisotopic (exact) mass is 354 g/mol. The minimum absolute atomic E-state index is 0.326. The summed E-state index contributed by atoms with van der Waals surface area (Å²) in [6, 6.07) is 5.07. The second kappa shape index (κ2) is 6.51. The molecule has 2 aromatic rings. The molecular formula is C16H17F3N4S. The van der Waals surface area contributed by atoms with Gasteiger partial charge in [-0.05, 0) is 19.1 Å². The summed E-state index contributed by atoms with van der Waals surface area (Å²) >= 11 is 1.86. The van der Waals surface area contributed by atoms with Gasteiger partial charge in [-0.25, -0.2) is 9.97 Å². The van der Waals surface area contributed by atoms with Crippen molar-refractivity contribution >= 4 is 23.3 Å². The molecule has 1 aliphatic heterocycles. The molecule has 0 bridgehead atoms. The summed E-state index contributed by atoms with van der Waals surface area (Å²) in [4.78, 5) is 10.8. The van der Waals surface area contributed by atoms with Gasteiger partial charge in [-0.15, -0.1) is 0 Å². The van der Waals surface area contributed by atoms with Crippen molar-refractivity contribution in [2.24, 2.45) is 0 Å². The van der Waals surface area contributed by atoms with Crippen molar-refractivity contribution in [3.05, 3.63) is 35.7 Å². The third-order valence-electron chi connectivity index (χ3n) is 3.81. The molecule has 0 amide bonds. The number of aryl methyl sites for hydroxylation is 1. The Kier molecular flexibility index (Phi) is 4.58. The highest BCUT2D eigenvalue weighted by atomic mass is 32.2. The number of nitrogens with two attached hydrogens (primary N) is 1. The number of rotatable bonds is 2. The molecule has 1 fully saturated rings. The Morgan fingerprint density at radius 1 is 1.17 bits per heavy atom. The summed E-state index contributed by atoms with van der Waals surface area (Å²) in [6.07, 6.45) is -4.40. The Morgan fingerprint density at radius 3 is 2.54 bits per heavy atom. The second-order valence-electron chi connectivity index (χ2n) is 5.53. The van der Waals surface area contributed by atoms with Crippen molar-refractivity contribution in [2.75, 3.05) is 35.2 Å². The van der Waals surface area contributed by atoms with Crippen molar-refractivity contribution in [3.63, 3.8) is 0 Å². The molecule has 0 saturated carbocycles. The van der Waals surface area contributed by atoms with Crippen LogP contribution in [0.25, 0.3) is 11.3 Å². The van der Waals surface area contributed by atoms with E-state index in [0.29, 0.717) is 28.6 Å². The van der Waals surface area contributed by atoms with E-state index >= 15 is 0 Å². The normalized spacial score (nSPS) is 15.6. The number of hydrogen-bond acceptors (Lipinski definition) is 5. The van der Waals surface area contributed by atoms with Crippen LogP contribution in [0.1, 0.15) is 11.4 Å². The molecule has 1 aromatic heterocycles. The second-order valence-corrected chi connectivity index (χ2v) is 6.76. The van der Waals surface area contributed by atoms with Gasteiger partial charge >= 0.3 is 6.18 Å². The zero-order valence-electron chi connectivity index (χ0n) is 13.1. The Labute approximate surface area is 142 Å². The van der Waals surface area contributed by atoms with E-state index in [4.69, 9.17) is 5.73 Å². The Hall–Kier alpha value is -1.96. The van der Waals surface area contributed by atoms with Gasteiger partial charge in [0, 0.05) is 30.2 Å². The lowest BCUT2D eigenvalue weighted by atomic mass is 10.1. The van der Waals surface area contributed by atoms with E-state index in [1.807, 2.05) is 11.8 Å². The van der Waals surface area contributed by atoms with Crippen LogP contribution >= 0.6 is 11.8 Å². The lowest BCUT2D eigenvalue weighted by Gasteiger charge is -2.29. The van der Waals surface area contributed by atoms with Crippen molar-refractivity contribution in [3.8, 4) is 11.3 Å². The molecule has 0 radical (unpaired) electrons. The molecule has 8 heteroatoms. The van der Waals surface area contributed by atoms with Gasteiger partial charge in [0.05, 0.1) is 11.3 Å². The minimum atomic E-state index is -4.40. The van der Waals surface area contributed by atoms with Crippen LogP contribution in [0, 0.1) is 6.92 Å². The maximum atomic E-state index is 13.0. The number of hydrogen-bond donors (Lipinski definition) is 1. The summed E-state index contributed by atoms with van der Waals surface area (Å²) in [5.41, 5.74) is 6.53. The molecule has 0 spiro atoms. The fraction of sp³-hybridized carbons (Fsp3) is 0.375. The molecule has 1 aliphatic rings. The van der Waals surface area contributed by atoms with Crippen LogP contribution in [0.2, 0.25) is 0 Å². The highest BCUT2D eigenvalue weighted by Crippen LogP contribution is 2.36. The first-order chi connectivity index (χ1) is 11.4. The molecular weight excluding hydrogens is 337 g/mol. The van der Waals surface area contributed by atoms with Gasteiger partial charge in [0.1, 0.15) is 11.5 Å². The Bertz CT molecular complexity index is 743. The van der Waals surface area contributed by atoms with Crippen LogP contribution in [-0.4, -0.2) is 34.6 Å². The van der Waals surface area contributed by atoms with Crippen LogP contribution in [0.5, 0.6) is 0 Å². The largest absolute Gasteiger partial charge is 0.416 e. The first-order valence-corrected chi connectivity index (χ1v) is 8.66. The van der Waals surface area contributed by atoms with Crippen LogP contribution in [0.15, 0.2) is 24.3 Å². The van der Waals surface area contributed by atoms with Crippen LogP contribution in [0.4, 0.5) is 24.7 Å². The van der Waals surface area contributed by atoms with Crippen LogP contribution in [-0.2, 0) is 6.18 Å². The number of halogens is 3. The highest BCUT2D eigenvalue weighted by molar-refractivity contribution is 7.99. The van der Waals surface area contributed by atoms with E-state index in [2.05, 4.69) is 14.9 Å². The fourth-order valence-electron chi connectivity index (χ4n) is 2.65. The van der Waals surface area contributed by atoms with Crippen molar-refractivity contribution < 1.29 is 13.2 Å². The average molecular weight is 354 g/mol. The van der Waals surface area contributed by atoms with Gasteiger partial charge in [-0.1, -0.05) is 12.1 Å². The zero-order chi connectivity index (χ0) is 17.3. The molecule has 2 N–H and O–H groups in total. The number of thioether (sulfide) groups is 1. The summed E-state index contributed by atoms with van der Waals surface area (Å²) in [5.74, 6) is 3.04. The molecule has 3 rings (SSSR count). The molecule has 4 nitrogen and oxygen atoms in total. The van der Waals surface area contributed by atoms with E-state index in [1.54, 1.807) is 13.0 Å². The third kappa shape index (κ3) is 3.43. The lowest BCUT2D eigenvalue weighted by molar-refractivity contribution is -0.137. The maximum absolute atomic E-state index is 13.0. The van der Waals surface area contributed by atoms with E-state index in [0.717, 1.165) is 36.7 Å². The summed E-state index contributed by atoms with van der Waals surface area (Å²) < 4.78 is 38.9. The highest BCUT2D eigenvalue weighted by Gasteiger charge is 2.31.